The minimum absolute atomic E-state index is 0.0310. The Bertz CT molecular complexity index is 1350. The number of amides is 2. The molecule has 39 heavy (non-hydrogen) atoms. The highest BCUT2D eigenvalue weighted by atomic mass is 19.3. The highest BCUT2D eigenvalue weighted by Gasteiger charge is 2.29. The number of hydrogen-bond acceptors (Lipinski definition) is 8. The fourth-order valence-corrected chi connectivity index (χ4v) is 3.65. The first kappa shape index (κ1) is 27.9. The second-order valence-electron chi connectivity index (χ2n) is 8.61. The summed E-state index contributed by atoms with van der Waals surface area (Å²) in [4.78, 5) is 29.9. The van der Waals surface area contributed by atoms with Crippen LogP contribution in [0, 0.1) is 17.6 Å². The highest BCUT2D eigenvalue weighted by Crippen LogP contribution is 2.36. The van der Waals surface area contributed by atoms with E-state index in [4.69, 9.17) is 20.6 Å². The average Bonchev–Trinajstić information content (AvgIpc) is 3.62. The number of nitrogens with one attached hydrogen (secondary N) is 2. The van der Waals surface area contributed by atoms with Gasteiger partial charge in [-0.3, -0.25) is 9.59 Å². The van der Waals surface area contributed by atoms with Crippen LogP contribution in [0.5, 0.6) is 11.5 Å². The Hall–Kier alpha value is -4.17. The van der Waals surface area contributed by atoms with Gasteiger partial charge < -0.3 is 36.0 Å². The van der Waals surface area contributed by atoms with Crippen molar-refractivity contribution in [3.05, 3.63) is 65.1 Å². The van der Waals surface area contributed by atoms with Crippen LogP contribution >= 0.6 is 0 Å². The van der Waals surface area contributed by atoms with E-state index < -0.39 is 36.1 Å². The quantitative estimate of drug-likeness (QED) is 0.198. The Morgan fingerprint density at radius 1 is 1.10 bits per heavy atom. The number of ether oxygens (including phenoxy) is 2. The predicted octanol–water partition coefficient (Wildman–Crippen LogP) is 2.97. The van der Waals surface area contributed by atoms with Gasteiger partial charge in [-0.1, -0.05) is 6.07 Å². The number of benzene rings is 2. The Labute approximate surface area is 219 Å². The van der Waals surface area contributed by atoms with Crippen LogP contribution in [0.25, 0.3) is 11.5 Å². The third-order valence-corrected chi connectivity index (χ3v) is 5.76. The van der Waals surface area contributed by atoms with E-state index in [0.717, 1.165) is 25.0 Å². The fourth-order valence-electron chi connectivity index (χ4n) is 3.65. The van der Waals surface area contributed by atoms with Crippen molar-refractivity contribution in [1.82, 2.24) is 15.6 Å². The first-order chi connectivity index (χ1) is 18.7. The Morgan fingerprint density at radius 3 is 2.51 bits per heavy atom. The van der Waals surface area contributed by atoms with Gasteiger partial charge in [-0.05, 0) is 43.0 Å². The number of carbonyl (C=O) groups excluding carboxylic acids is 2. The summed E-state index contributed by atoms with van der Waals surface area (Å²) in [7, 11) is 0. The summed E-state index contributed by atoms with van der Waals surface area (Å²) in [5.74, 6) is -3.77. The molecule has 1 unspecified atom stereocenters. The zero-order chi connectivity index (χ0) is 28.1. The standard InChI is InChI=1S/C25H25F4N5O5/c26-14-4-5-15(16(27)8-14)20(22(35)32-11-31)33-23(36)21-19(9-30)38-24(34-21)13-3-6-17(39-25(28)29)18(7-13)37-10-12-1-2-12/h3-8,12,20,25H,1-2,9-11,30-31H2,(H,32,35)(H,33,36). The number of aromatic nitrogens is 1. The molecule has 6 N–H and O–H groups in total. The number of nitrogens with two attached hydrogens (primary N) is 2. The Morgan fingerprint density at radius 2 is 1.87 bits per heavy atom. The second kappa shape index (κ2) is 12.1. The fraction of sp³-hybridized carbons (Fsp3) is 0.320. The van der Waals surface area contributed by atoms with Gasteiger partial charge in [-0.25, -0.2) is 13.8 Å². The van der Waals surface area contributed by atoms with E-state index in [1.54, 1.807) is 0 Å². The van der Waals surface area contributed by atoms with E-state index in [0.29, 0.717) is 18.6 Å². The minimum Gasteiger partial charge on any atom is -0.489 e. The first-order valence-corrected chi connectivity index (χ1v) is 11.9. The molecule has 0 aliphatic heterocycles. The molecule has 0 radical (unpaired) electrons. The molecule has 2 aromatic carbocycles. The molecule has 14 heteroatoms. The number of alkyl halides is 2. The summed E-state index contributed by atoms with van der Waals surface area (Å²) in [6.45, 7) is -3.36. The second-order valence-corrected chi connectivity index (χ2v) is 8.61. The lowest BCUT2D eigenvalue weighted by Crippen LogP contribution is -2.43. The van der Waals surface area contributed by atoms with Crippen LogP contribution in [0.3, 0.4) is 0 Å². The third-order valence-electron chi connectivity index (χ3n) is 5.76. The molecule has 4 rings (SSSR count). The van der Waals surface area contributed by atoms with Gasteiger partial charge in [-0.2, -0.15) is 8.78 Å². The highest BCUT2D eigenvalue weighted by molar-refractivity contribution is 5.97. The summed E-state index contributed by atoms with van der Waals surface area (Å²) < 4.78 is 69.4. The lowest BCUT2D eigenvalue weighted by Gasteiger charge is -2.18. The predicted molar refractivity (Wildman–Crippen MR) is 128 cm³/mol. The van der Waals surface area contributed by atoms with E-state index in [1.807, 2.05) is 0 Å². The molecule has 0 bridgehead atoms. The van der Waals surface area contributed by atoms with Crippen molar-refractivity contribution in [2.24, 2.45) is 17.4 Å². The maximum atomic E-state index is 14.5. The van der Waals surface area contributed by atoms with Crippen LogP contribution < -0.4 is 31.6 Å². The van der Waals surface area contributed by atoms with Crippen LogP contribution in [-0.4, -0.2) is 36.7 Å². The zero-order valence-corrected chi connectivity index (χ0v) is 20.4. The number of oxazole rings is 1. The van der Waals surface area contributed by atoms with Gasteiger partial charge in [-0.15, -0.1) is 0 Å². The van der Waals surface area contributed by atoms with E-state index in [2.05, 4.69) is 20.4 Å². The normalized spacial score (nSPS) is 13.7. The molecule has 10 nitrogen and oxygen atoms in total. The van der Waals surface area contributed by atoms with Gasteiger partial charge in [0.1, 0.15) is 17.7 Å². The van der Waals surface area contributed by atoms with Crippen LogP contribution in [0.1, 0.15) is 40.7 Å². The van der Waals surface area contributed by atoms with Crippen LogP contribution in [-0.2, 0) is 11.3 Å². The van der Waals surface area contributed by atoms with Crippen molar-refractivity contribution >= 4 is 11.8 Å². The number of nitrogens with zero attached hydrogens (tertiary/aromatic N) is 1. The number of hydrogen-bond donors (Lipinski definition) is 4. The van der Waals surface area contributed by atoms with Gasteiger partial charge in [0.05, 0.1) is 19.8 Å². The van der Waals surface area contributed by atoms with Crippen molar-refractivity contribution in [2.75, 3.05) is 13.3 Å². The van der Waals surface area contributed by atoms with Gasteiger partial charge in [0.2, 0.25) is 11.8 Å². The Kier molecular flexibility index (Phi) is 8.66. The molecule has 1 saturated carbocycles. The molecule has 0 spiro atoms. The van der Waals surface area contributed by atoms with Crippen molar-refractivity contribution < 1.29 is 41.0 Å². The molecule has 1 aliphatic rings. The summed E-state index contributed by atoms with van der Waals surface area (Å²) in [5, 5.41) is 4.61. The van der Waals surface area contributed by atoms with Crippen molar-refractivity contribution in [1.29, 1.82) is 0 Å². The molecule has 208 valence electrons. The zero-order valence-electron chi connectivity index (χ0n) is 20.4. The van der Waals surface area contributed by atoms with Crippen molar-refractivity contribution in [3.8, 4) is 23.0 Å². The smallest absolute Gasteiger partial charge is 0.387 e. The third kappa shape index (κ3) is 6.83. The number of rotatable bonds is 12. The molecule has 1 heterocycles. The molecule has 1 fully saturated rings. The van der Waals surface area contributed by atoms with Gasteiger partial charge in [0, 0.05) is 17.2 Å². The van der Waals surface area contributed by atoms with Crippen LogP contribution in [0.2, 0.25) is 0 Å². The van der Waals surface area contributed by atoms with Crippen molar-refractivity contribution in [3.63, 3.8) is 0 Å². The number of halogens is 4. The van der Waals surface area contributed by atoms with E-state index in [9.17, 15) is 27.2 Å². The molecule has 1 aromatic heterocycles. The SMILES string of the molecule is NCNC(=O)C(NC(=O)c1nc(-c2ccc(OC(F)F)c(OCC3CC3)c2)oc1CN)c1ccc(F)cc1F. The van der Waals surface area contributed by atoms with E-state index >= 15 is 0 Å². The number of carbonyl (C=O) groups is 2. The maximum absolute atomic E-state index is 14.5. The summed E-state index contributed by atoms with van der Waals surface area (Å²) in [5.41, 5.74) is 10.7. The summed E-state index contributed by atoms with van der Waals surface area (Å²) in [6.07, 6.45) is 1.93. The summed E-state index contributed by atoms with van der Waals surface area (Å²) >= 11 is 0. The van der Waals surface area contributed by atoms with Crippen LogP contribution in [0.4, 0.5) is 17.6 Å². The largest absolute Gasteiger partial charge is 0.489 e. The lowest BCUT2D eigenvalue weighted by molar-refractivity contribution is -0.123. The molecular formula is C25H25F4N5O5. The monoisotopic (exact) mass is 551 g/mol. The van der Waals surface area contributed by atoms with Crippen LogP contribution in [0.15, 0.2) is 40.8 Å². The van der Waals surface area contributed by atoms with Gasteiger partial charge in [0.25, 0.3) is 5.91 Å². The van der Waals surface area contributed by atoms with E-state index in [-0.39, 0.29) is 53.2 Å². The maximum Gasteiger partial charge on any atom is 0.387 e. The first-order valence-electron chi connectivity index (χ1n) is 11.9. The van der Waals surface area contributed by atoms with Gasteiger partial charge in [0.15, 0.2) is 23.0 Å². The van der Waals surface area contributed by atoms with Crippen molar-refractivity contribution in [2.45, 2.75) is 32.0 Å². The molecule has 1 aliphatic carbocycles. The Balaban J connectivity index is 1.63. The molecule has 1 atom stereocenters. The molecular weight excluding hydrogens is 526 g/mol. The average molecular weight is 551 g/mol. The summed E-state index contributed by atoms with van der Waals surface area (Å²) in [6, 6.07) is 4.90. The van der Waals surface area contributed by atoms with E-state index in [1.165, 1.54) is 18.2 Å². The molecule has 0 saturated heterocycles. The van der Waals surface area contributed by atoms with Gasteiger partial charge >= 0.3 is 6.61 Å². The lowest BCUT2D eigenvalue weighted by atomic mass is 10.0. The molecule has 3 aromatic rings. The molecule has 2 amide bonds. The topological polar surface area (TPSA) is 155 Å². The minimum atomic E-state index is -3.07.